The second-order valence-corrected chi connectivity index (χ2v) is 8.43. The van der Waals surface area contributed by atoms with Crippen molar-refractivity contribution >= 4 is 32.7 Å². The smallest absolute Gasteiger partial charge is 0.271 e. The average molecular weight is 336 g/mol. The van der Waals surface area contributed by atoms with Gasteiger partial charge in [-0.2, -0.15) is 0 Å². The van der Waals surface area contributed by atoms with Gasteiger partial charge in [0.2, 0.25) is 0 Å². The molecule has 0 atom stereocenters. The lowest BCUT2D eigenvalue weighted by molar-refractivity contribution is 0.578. The van der Waals surface area contributed by atoms with Crippen LogP contribution in [0.25, 0.3) is 0 Å². The standard InChI is InChI=1S/C16H20N2O2S2/c1-13-11-16(21-12-13)22(19,20)17-14-7-3-4-8-15(14)18-9-5-2-6-10-18/h3-4,7-8,11-12,17H,2,5-6,9-10H2,1H3. The summed E-state index contributed by atoms with van der Waals surface area (Å²) in [5.41, 5.74) is 2.60. The highest BCUT2D eigenvalue weighted by Gasteiger charge is 2.20. The monoisotopic (exact) mass is 336 g/mol. The Morgan fingerprint density at radius 1 is 1.14 bits per heavy atom. The lowest BCUT2D eigenvalue weighted by Crippen LogP contribution is -2.30. The molecule has 1 aliphatic heterocycles. The van der Waals surface area contributed by atoms with E-state index in [9.17, 15) is 8.42 Å². The normalized spacial score (nSPS) is 15.8. The van der Waals surface area contributed by atoms with Crippen LogP contribution in [0.4, 0.5) is 11.4 Å². The molecule has 0 unspecified atom stereocenters. The second kappa shape index (κ2) is 6.30. The molecule has 2 heterocycles. The van der Waals surface area contributed by atoms with Gasteiger partial charge in [-0.1, -0.05) is 12.1 Å². The molecule has 0 saturated carbocycles. The van der Waals surface area contributed by atoms with Gasteiger partial charge in [0.05, 0.1) is 11.4 Å². The van der Waals surface area contributed by atoms with Crippen LogP contribution in [0.2, 0.25) is 0 Å². The number of benzene rings is 1. The Hall–Kier alpha value is -1.53. The van der Waals surface area contributed by atoms with Crippen molar-refractivity contribution in [2.75, 3.05) is 22.7 Å². The molecule has 0 spiro atoms. The van der Waals surface area contributed by atoms with Gasteiger partial charge in [-0.25, -0.2) is 8.42 Å². The molecule has 1 aliphatic rings. The first kappa shape index (κ1) is 15.4. The van der Waals surface area contributed by atoms with E-state index in [-0.39, 0.29) is 0 Å². The molecule has 0 amide bonds. The molecule has 4 nitrogen and oxygen atoms in total. The zero-order valence-corrected chi connectivity index (χ0v) is 14.2. The Balaban J connectivity index is 1.89. The van der Waals surface area contributed by atoms with Gasteiger partial charge in [-0.3, -0.25) is 4.72 Å². The largest absolute Gasteiger partial charge is 0.370 e. The highest BCUT2D eigenvalue weighted by molar-refractivity contribution is 7.94. The van der Waals surface area contributed by atoms with Crippen molar-refractivity contribution in [3.05, 3.63) is 41.3 Å². The van der Waals surface area contributed by atoms with E-state index in [1.807, 2.05) is 36.6 Å². The molecule has 1 aromatic heterocycles. The van der Waals surface area contributed by atoms with Crippen LogP contribution in [-0.4, -0.2) is 21.5 Å². The molecular formula is C16H20N2O2S2. The molecule has 1 aromatic carbocycles. The highest BCUT2D eigenvalue weighted by Crippen LogP contribution is 2.31. The molecule has 2 aromatic rings. The summed E-state index contributed by atoms with van der Waals surface area (Å²) in [5.74, 6) is 0. The minimum atomic E-state index is -3.51. The number of hydrogen-bond acceptors (Lipinski definition) is 4. The minimum absolute atomic E-state index is 0.360. The molecule has 3 rings (SSSR count). The van der Waals surface area contributed by atoms with E-state index in [4.69, 9.17) is 0 Å². The van der Waals surface area contributed by atoms with Crippen molar-refractivity contribution < 1.29 is 8.42 Å². The zero-order valence-electron chi connectivity index (χ0n) is 12.6. The number of para-hydroxylation sites is 2. The topological polar surface area (TPSA) is 49.4 Å². The quantitative estimate of drug-likeness (QED) is 0.922. The van der Waals surface area contributed by atoms with Gasteiger partial charge < -0.3 is 4.90 Å². The molecule has 6 heteroatoms. The van der Waals surface area contributed by atoms with Crippen LogP contribution >= 0.6 is 11.3 Å². The molecular weight excluding hydrogens is 316 g/mol. The number of sulfonamides is 1. The first-order valence-electron chi connectivity index (χ1n) is 7.48. The van der Waals surface area contributed by atoms with Crippen molar-refractivity contribution in [3.63, 3.8) is 0 Å². The lowest BCUT2D eigenvalue weighted by Gasteiger charge is -2.30. The molecule has 0 radical (unpaired) electrons. The third kappa shape index (κ3) is 3.28. The van der Waals surface area contributed by atoms with Crippen molar-refractivity contribution in [1.29, 1.82) is 0 Å². The molecule has 1 fully saturated rings. The summed E-state index contributed by atoms with van der Waals surface area (Å²) in [4.78, 5) is 2.26. The minimum Gasteiger partial charge on any atom is -0.370 e. The molecule has 1 N–H and O–H groups in total. The van der Waals surface area contributed by atoms with Gasteiger partial charge in [0.15, 0.2) is 0 Å². The fourth-order valence-corrected chi connectivity index (χ4v) is 5.02. The first-order chi connectivity index (χ1) is 10.6. The number of anilines is 2. The van der Waals surface area contributed by atoms with Crippen molar-refractivity contribution in [2.24, 2.45) is 0 Å². The van der Waals surface area contributed by atoms with Gasteiger partial charge in [0.1, 0.15) is 4.21 Å². The predicted octanol–water partition coefficient (Wildman–Crippen LogP) is 3.85. The predicted molar refractivity (Wildman–Crippen MR) is 92.4 cm³/mol. The summed E-state index contributed by atoms with van der Waals surface area (Å²) in [6, 6.07) is 9.35. The Morgan fingerprint density at radius 2 is 1.86 bits per heavy atom. The van der Waals surface area contributed by atoms with Crippen molar-refractivity contribution in [3.8, 4) is 0 Å². The second-order valence-electron chi connectivity index (χ2n) is 5.61. The number of hydrogen-bond donors (Lipinski definition) is 1. The summed E-state index contributed by atoms with van der Waals surface area (Å²) >= 11 is 1.25. The van der Waals surface area contributed by atoms with Crippen LogP contribution in [0.3, 0.4) is 0 Å². The van der Waals surface area contributed by atoms with Crippen LogP contribution in [0, 0.1) is 6.92 Å². The maximum Gasteiger partial charge on any atom is 0.271 e. The summed E-state index contributed by atoms with van der Waals surface area (Å²) in [6.45, 7) is 3.87. The van der Waals surface area contributed by atoms with E-state index >= 15 is 0 Å². The van der Waals surface area contributed by atoms with Crippen LogP contribution in [-0.2, 0) is 10.0 Å². The molecule has 0 aliphatic carbocycles. The summed E-state index contributed by atoms with van der Waals surface area (Å²) in [7, 11) is -3.51. The highest BCUT2D eigenvalue weighted by atomic mass is 32.2. The van der Waals surface area contributed by atoms with Gasteiger partial charge in [0.25, 0.3) is 10.0 Å². The SMILES string of the molecule is Cc1csc(S(=O)(=O)Nc2ccccc2N2CCCCC2)c1. The fraction of sp³-hybridized carbons (Fsp3) is 0.375. The Labute approximate surface area is 135 Å². The van der Waals surface area contributed by atoms with E-state index < -0.39 is 10.0 Å². The van der Waals surface area contributed by atoms with E-state index in [1.54, 1.807) is 6.07 Å². The number of thiophene rings is 1. The van der Waals surface area contributed by atoms with Crippen LogP contribution in [0.1, 0.15) is 24.8 Å². The summed E-state index contributed by atoms with van der Waals surface area (Å²) < 4.78 is 28.2. The molecule has 22 heavy (non-hydrogen) atoms. The maximum atomic E-state index is 12.5. The number of aryl methyl sites for hydroxylation is 1. The van der Waals surface area contributed by atoms with Crippen molar-refractivity contribution in [2.45, 2.75) is 30.4 Å². The van der Waals surface area contributed by atoms with Crippen molar-refractivity contribution in [1.82, 2.24) is 0 Å². The maximum absolute atomic E-state index is 12.5. The fourth-order valence-electron chi connectivity index (χ4n) is 2.71. The lowest BCUT2D eigenvalue weighted by atomic mass is 10.1. The third-order valence-electron chi connectivity index (χ3n) is 3.82. The number of nitrogens with zero attached hydrogens (tertiary/aromatic N) is 1. The number of nitrogens with one attached hydrogen (secondary N) is 1. The molecule has 118 valence electrons. The van der Waals surface area contributed by atoms with E-state index in [0.29, 0.717) is 9.90 Å². The third-order valence-corrected chi connectivity index (χ3v) is 6.74. The summed E-state index contributed by atoms with van der Waals surface area (Å²) in [6.07, 6.45) is 3.56. The Kier molecular flexibility index (Phi) is 4.40. The number of rotatable bonds is 4. The van der Waals surface area contributed by atoms with E-state index in [1.165, 1.54) is 17.8 Å². The van der Waals surface area contributed by atoms with Gasteiger partial charge in [-0.05, 0) is 55.3 Å². The number of piperidine rings is 1. The Morgan fingerprint density at radius 3 is 2.55 bits per heavy atom. The van der Waals surface area contributed by atoms with Gasteiger partial charge in [-0.15, -0.1) is 11.3 Å². The first-order valence-corrected chi connectivity index (χ1v) is 9.84. The summed E-state index contributed by atoms with van der Waals surface area (Å²) in [5, 5.41) is 1.85. The Bertz CT molecular complexity index is 747. The van der Waals surface area contributed by atoms with Crippen LogP contribution < -0.4 is 9.62 Å². The molecule has 0 bridgehead atoms. The average Bonchev–Trinajstić information content (AvgIpc) is 2.96. The zero-order chi connectivity index (χ0) is 15.6. The van der Waals surface area contributed by atoms with Crippen LogP contribution in [0.5, 0.6) is 0 Å². The van der Waals surface area contributed by atoms with E-state index in [0.717, 1.165) is 37.2 Å². The molecule has 1 saturated heterocycles. The van der Waals surface area contributed by atoms with Gasteiger partial charge >= 0.3 is 0 Å². The van der Waals surface area contributed by atoms with Gasteiger partial charge in [0, 0.05) is 13.1 Å². The van der Waals surface area contributed by atoms with E-state index in [2.05, 4.69) is 9.62 Å². The van der Waals surface area contributed by atoms with Crippen LogP contribution in [0.15, 0.2) is 39.9 Å².